The monoisotopic (exact) mass is 324 g/mol. The fourth-order valence-corrected chi connectivity index (χ4v) is 3.44. The molecule has 1 amide bonds. The number of rotatable bonds is 7. The number of hydrogen-bond acceptors (Lipinski definition) is 3. The van der Waals surface area contributed by atoms with Crippen molar-refractivity contribution in [2.45, 2.75) is 43.6 Å². The first-order valence-corrected chi connectivity index (χ1v) is 8.23. The lowest BCUT2D eigenvalue weighted by Crippen LogP contribution is -2.41. The number of nitrogens with two attached hydrogens (primary N) is 1. The molecule has 1 aromatic rings. The second kappa shape index (κ2) is 7.95. The van der Waals surface area contributed by atoms with E-state index < -0.39 is 0 Å². The summed E-state index contributed by atoms with van der Waals surface area (Å²) in [5.74, 6) is -0.00870. The Morgan fingerprint density at radius 3 is 2.77 bits per heavy atom. The lowest BCUT2D eigenvalue weighted by Gasteiger charge is -2.30. The molecule has 3 N–H and O–H groups in total. The molecule has 0 saturated heterocycles. The van der Waals surface area contributed by atoms with Crippen LogP contribution in [0.15, 0.2) is 24.3 Å². The van der Waals surface area contributed by atoms with Crippen molar-refractivity contribution < 1.29 is 9.53 Å². The Morgan fingerprint density at radius 1 is 1.45 bits per heavy atom. The average Bonchev–Trinajstić information content (AvgIpc) is 3.01. The van der Waals surface area contributed by atoms with Crippen molar-refractivity contribution in [3.8, 4) is 0 Å². The molecule has 0 heterocycles. The minimum atomic E-state index is -0.217. The summed E-state index contributed by atoms with van der Waals surface area (Å²) >= 11 is 6.14. The summed E-state index contributed by atoms with van der Waals surface area (Å²) in [7, 11) is 1.58. The van der Waals surface area contributed by atoms with Gasteiger partial charge in [-0.15, -0.1) is 0 Å². The smallest absolute Gasteiger partial charge is 0.222 e. The number of halogens is 1. The van der Waals surface area contributed by atoms with Crippen LogP contribution in [0.1, 0.15) is 37.7 Å². The van der Waals surface area contributed by atoms with Gasteiger partial charge in [-0.05, 0) is 30.5 Å². The maximum Gasteiger partial charge on any atom is 0.222 e. The molecule has 1 atom stereocenters. The van der Waals surface area contributed by atoms with E-state index in [1.54, 1.807) is 7.11 Å². The molecule has 1 saturated carbocycles. The molecule has 5 heteroatoms. The Hall–Kier alpha value is -1.10. The Kier molecular flexibility index (Phi) is 6.24. The molecule has 1 fully saturated rings. The van der Waals surface area contributed by atoms with Gasteiger partial charge in [-0.25, -0.2) is 0 Å². The highest BCUT2D eigenvalue weighted by Crippen LogP contribution is 2.41. The van der Waals surface area contributed by atoms with Crippen molar-refractivity contribution in [2.24, 2.45) is 5.73 Å². The molecule has 122 valence electrons. The second-order valence-corrected chi connectivity index (χ2v) is 6.51. The first-order valence-electron chi connectivity index (χ1n) is 7.85. The molecule has 1 aliphatic rings. The van der Waals surface area contributed by atoms with E-state index in [0.29, 0.717) is 19.5 Å². The summed E-state index contributed by atoms with van der Waals surface area (Å²) in [6.45, 7) is 0.997. The number of methoxy groups -OCH3 is 1. The Bertz CT molecular complexity index is 497. The van der Waals surface area contributed by atoms with Crippen molar-refractivity contribution >= 4 is 17.5 Å². The lowest BCUT2D eigenvalue weighted by molar-refractivity contribution is -0.123. The number of hydrogen-bond donors (Lipinski definition) is 2. The van der Waals surface area contributed by atoms with Crippen molar-refractivity contribution in [3.63, 3.8) is 0 Å². The quantitative estimate of drug-likeness (QED) is 0.810. The van der Waals surface area contributed by atoms with Gasteiger partial charge in [0.1, 0.15) is 0 Å². The topological polar surface area (TPSA) is 64.3 Å². The predicted octanol–water partition coefficient (Wildman–Crippen LogP) is 2.63. The number of benzene rings is 1. The molecule has 2 rings (SSSR count). The van der Waals surface area contributed by atoms with E-state index in [-0.39, 0.29) is 17.4 Å². The van der Waals surface area contributed by atoms with E-state index in [4.69, 9.17) is 22.1 Å². The standard InChI is InChI=1S/C17H25ClN2O2/c1-22-15(11-19)10-16(21)20-12-17(7-2-3-8-17)13-5-4-6-14(18)9-13/h4-6,9,15H,2-3,7-8,10-12,19H2,1H3,(H,20,21). The third kappa shape index (κ3) is 4.22. The van der Waals surface area contributed by atoms with Gasteiger partial charge in [-0.2, -0.15) is 0 Å². The lowest BCUT2D eigenvalue weighted by atomic mass is 9.79. The molecule has 0 radical (unpaired) electrons. The molecule has 4 nitrogen and oxygen atoms in total. The van der Waals surface area contributed by atoms with Crippen LogP contribution < -0.4 is 11.1 Å². The van der Waals surface area contributed by atoms with E-state index in [9.17, 15) is 4.79 Å². The number of carbonyl (C=O) groups is 1. The van der Waals surface area contributed by atoms with Gasteiger partial charge in [0.15, 0.2) is 0 Å². The first kappa shape index (κ1) is 17.3. The number of ether oxygens (including phenoxy) is 1. The SMILES string of the molecule is COC(CN)CC(=O)NCC1(c2cccc(Cl)c2)CCCC1. The van der Waals surface area contributed by atoms with Crippen LogP contribution in [0.25, 0.3) is 0 Å². The van der Waals surface area contributed by atoms with Crippen molar-refractivity contribution in [2.75, 3.05) is 20.2 Å². The third-order valence-electron chi connectivity index (χ3n) is 4.63. The van der Waals surface area contributed by atoms with E-state index in [1.165, 1.54) is 18.4 Å². The van der Waals surface area contributed by atoms with Crippen molar-refractivity contribution in [3.05, 3.63) is 34.9 Å². The molecule has 1 aromatic carbocycles. The third-order valence-corrected chi connectivity index (χ3v) is 4.87. The molecule has 1 unspecified atom stereocenters. The highest BCUT2D eigenvalue weighted by Gasteiger charge is 2.36. The summed E-state index contributed by atoms with van der Waals surface area (Å²) in [6, 6.07) is 8.00. The van der Waals surface area contributed by atoms with Crippen LogP contribution in [-0.4, -0.2) is 32.2 Å². The zero-order valence-corrected chi connectivity index (χ0v) is 13.9. The minimum Gasteiger partial charge on any atom is -0.380 e. The molecule has 0 spiro atoms. The Balaban J connectivity index is 2.02. The van der Waals surface area contributed by atoms with Crippen LogP contribution >= 0.6 is 11.6 Å². The Labute approximate surface area is 137 Å². The fourth-order valence-electron chi connectivity index (χ4n) is 3.25. The van der Waals surface area contributed by atoms with Crippen LogP contribution in [0.2, 0.25) is 5.02 Å². The van der Waals surface area contributed by atoms with Crippen LogP contribution in [0.4, 0.5) is 0 Å². The first-order chi connectivity index (χ1) is 10.6. The normalized spacial score (nSPS) is 18.1. The number of amides is 1. The second-order valence-electron chi connectivity index (χ2n) is 6.07. The zero-order valence-electron chi connectivity index (χ0n) is 13.1. The number of nitrogens with one attached hydrogen (secondary N) is 1. The van der Waals surface area contributed by atoms with Gasteiger partial charge in [-0.3, -0.25) is 4.79 Å². The van der Waals surface area contributed by atoms with Gasteiger partial charge >= 0.3 is 0 Å². The van der Waals surface area contributed by atoms with E-state index in [2.05, 4.69) is 11.4 Å². The summed E-state index contributed by atoms with van der Waals surface area (Å²) in [6.07, 6.45) is 4.62. The highest BCUT2D eigenvalue weighted by molar-refractivity contribution is 6.30. The maximum atomic E-state index is 12.1. The molecule has 22 heavy (non-hydrogen) atoms. The molecule has 0 aliphatic heterocycles. The zero-order chi connectivity index (χ0) is 16.0. The minimum absolute atomic E-state index is 0.00580. The molecule has 0 bridgehead atoms. The Morgan fingerprint density at radius 2 is 2.18 bits per heavy atom. The molecule has 1 aliphatic carbocycles. The van der Waals surface area contributed by atoms with Gasteiger partial charge < -0.3 is 15.8 Å². The fraction of sp³-hybridized carbons (Fsp3) is 0.588. The van der Waals surface area contributed by atoms with Crippen molar-refractivity contribution in [1.82, 2.24) is 5.32 Å². The summed E-state index contributed by atoms with van der Waals surface area (Å²) in [5.41, 5.74) is 6.79. The summed E-state index contributed by atoms with van der Waals surface area (Å²) < 4.78 is 5.16. The van der Waals surface area contributed by atoms with Gasteiger partial charge in [0.05, 0.1) is 12.5 Å². The van der Waals surface area contributed by atoms with E-state index in [0.717, 1.165) is 17.9 Å². The van der Waals surface area contributed by atoms with Gasteiger partial charge in [-0.1, -0.05) is 36.6 Å². The van der Waals surface area contributed by atoms with E-state index in [1.807, 2.05) is 18.2 Å². The highest BCUT2D eigenvalue weighted by atomic mass is 35.5. The average molecular weight is 325 g/mol. The number of carbonyl (C=O) groups excluding carboxylic acids is 1. The largest absolute Gasteiger partial charge is 0.380 e. The molecular formula is C17H25ClN2O2. The van der Waals surface area contributed by atoms with Gasteiger partial charge in [0, 0.05) is 30.6 Å². The predicted molar refractivity (Wildman–Crippen MR) is 89.1 cm³/mol. The van der Waals surface area contributed by atoms with Gasteiger partial charge in [0.25, 0.3) is 0 Å². The van der Waals surface area contributed by atoms with Crippen LogP contribution in [0, 0.1) is 0 Å². The van der Waals surface area contributed by atoms with Gasteiger partial charge in [0.2, 0.25) is 5.91 Å². The maximum absolute atomic E-state index is 12.1. The van der Waals surface area contributed by atoms with Crippen LogP contribution in [-0.2, 0) is 14.9 Å². The summed E-state index contributed by atoms with van der Waals surface area (Å²) in [5, 5.41) is 3.81. The van der Waals surface area contributed by atoms with Crippen molar-refractivity contribution in [1.29, 1.82) is 0 Å². The van der Waals surface area contributed by atoms with Crippen LogP contribution in [0.5, 0.6) is 0 Å². The van der Waals surface area contributed by atoms with E-state index >= 15 is 0 Å². The summed E-state index contributed by atoms with van der Waals surface area (Å²) in [4.78, 5) is 12.1. The molecule has 0 aromatic heterocycles. The van der Waals surface area contributed by atoms with Crippen LogP contribution in [0.3, 0.4) is 0 Å². The molecular weight excluding hydrogens is 300 g/mol.